The lowest BCUT2D eigenvalue weighted by Gasteiger charge is -2.12. The summed E-state index contributed by atoms with van der Waals surface area (Å²) in [7, 11) is 0. The molecular formula is C20H12Cl2F3N5O. The van der Waals surface area contributed by atoms with Crippen LogP contribution in [0.2, 0.25) is 10.0 Å². The number of aromatic nitrogens is 3. The highest BCUT2D eigenvalue weighted by atomic mass is 35.5. The van der Waals surface area contributed by atoms with E-state index in [-0.39, 0.29) is 5.56 Å². The molecule has 0 aliphatic carbocycles. The van der Waals surface area contributed by atoms with Crippen LogP contribution in [0.15, 0.2) is 54.7 Å². The number of rotatable bonds is 4. The van der Waals surface area contributed by atoms with E-state index in [0.29, 0.717) is 32.7 Å². The van der Waals surface area contributed by atoms with E-state index in [1.807, 2.05) is 0 Å². The van der Waals surface area contributed by atoms with Crippen LogP contribution < -0.4 is 10.6 Å². The zero-order chi connectivity index (χ0) is 22.2. The number of carbonyl (C=O) groups is 1. The summed E-state index contributed by atoms with van der Waals surface area (Å²) in [5.41, 5.74) is 0.538. The molecule has 2 aromatic carbocycles. The largest absolute Gasteiger partial charge is 0.419 e. The Morgan fingerprint density at radius 2 is 1.77 bits per heavy atom. The van der Waals surface area contributed by atoms with Gasteiger partial charge in [0.25, 0.3) is 5.91 Å². The molecular weight excluding hydrogens is 454 g/mol. The Kier molecular flexibility index (Phi) is 5.47. The smallest absolute Gasteiger partial charge is 0.324 e. The summed E-state index contributed by atoms with van der Waals surface area (Å²) in [6, 6.07) is 11.5. The first kappa shape index (κ1) is 21.0. The number of H-pyrrole nitrogens is 1. The molecule has 4 aromatic rings. The fourth-order valence-electron chi connectivity index (χ4n) is 2.86. The quantitative estimate of drug-likeness (QED) is 0.331. The van der Waals surface area contributed by atoms with Crippen molar-refractivity contribution in [2.24, 2.45) is 0 Å². The Morgan fingerprint density at radius 3 is 2.48 bits per heavy atom. The van der Waals surface area contributed by atoms with Crippen LogP contribution in [0.4, 0.5) is 30.6 Å². The molecule has 0 bridgehead atoms. The molecule has 11 heteroatoms. The maximum atomic E-state index is 13.1. The number of carbonyl (C=O) groups excluding carboxylic acids is 1. The van der Waals surface area contributed by atoms with Crippen LogP contribution in [-0.4, -0.2) is 20.9 Å². The number of nitrogens with one attached hydrogen (secondary N) is 3. The number of nitrogens with zero attached hydrogens (tertiary/aromatic N) is 2. The minimum atomic E-state index is -4.65. The van der Waals surface area contributed by atoms with Gasteiger partial charge >= 0.3 is 6.18 Å². The number of anilines is 3. The predicted molar refractivity (Wildman–Crippen MR) is 113 cm³/mol. The van der Waals surface area contributed by atoms with Crippen molar-refractivity contribution in [2.45, 2.75) is 6.18 Å². The molecule has 1 amide bonds. The van der Waals surface area contributed by atoms with Crippen molar-refractivity contribution >= 4 is 57.6 Å². The summed E-state index contributed by atoms with van der Waals surface area (Å²) >= 11 is 12.3. The number of pyridine rings is 1. The van der Waals surface area contributed by atoms with E-state index in [1.165, 1.54) is 18.3 Å². The van der Waals surface area contributed by atoms with Gasteiger partial charge in [-0.3, -0.25) is 4.79 Å². The third kappa shape index (κ3) is 4.42. The number of halogens is 5. The highest BCUT2D eigenvalue weighted by Gasteiger charge is 2.34. The Bertz CT molecular complexity index is 1270. The van der Waals surface area contributed by atoms with E-state index in [2.05, 4.69) is 25.6 Å². The van der Waals surface area contributed by atoms with Crippen molar-refractivity contribution in [2.75, 3.05) is 10.6 Å². The predicted octanol–water partition coefficient (Wildman–Crippen LogP) is 6.28. The number of fused-ring (bicyclic) bond motifs is 1. The number of amides is 1. The number of benzene rings is 2. The van der Waals surface area contributed by atoms with Gasteiger partial charge in [0, 0.05) is 11.8 Å². The van der Waals surface area contributed by atoms with E-state index in [9.17, 15) is 18.0 Å². The highest BCUT2D eigenvalue weighted by molar-refractivity contribution is 6.39. The van der Waals surface area contributed by atoms with Crippen molar-refractivity contribution in [3.63, 3.8) is 0 Å². The van der Waals surface area contributed by atoms with E-state index in [4.69, 9.17) is 23.2 Å². The van der Waals surface area contributed by atoms with Crippen LogP contribution in [0.5, 0.6) is 0 Å². The summed E-state index contributed by atoms with van der Waals surface area (Å²) in [6.45, 7) is 0. The Morgan fingerprint density at radius 1 is 1.03 bits per heavy atom. The molecule has 2 aromatic heterocycles. The summed E-state index contributed by atoms with van der Waals surface area (Å²) in [5, 5.41) is 5.96. The van der Waals surface area contributed by atoms with Crippen LogP contribution in [0.25, 0.3) is 11.0 Å². The summed E-state index contributed by atoms with van der Waals surface area (Å²) < 4.78 is 39.4. The van der Waals surface area contributed by atoms with Crippen molar-refractivity contribution in [1.82, 2.24) is 15.0 Å². The van der Waals surface area contributed by atoms with Gasteiger partial charge in [-0.1, -0.05) is 29.3 Å². The SMILES string of the molecule is O=C(Nc1ncccc1C(F)(F)F)c1ccc2[nH]c(Nc3c(Cl)cccc3Cl)nc2c1. The van der Waals surface area contributed by atoms with E-state index >= 15 is 0 Å². The zero-order valence-electron chi connectivity index (χ0n) is 15.4. The fraction of sp³-hybridized carbons (Fsp3) is 0.0500. The number of hydrogen-bond donors (Lipinski definition) is 3. The lowest BCUT2D eigenvalue weighted by atomic mass is 10.2. The maximum Gasteiger partial charge on any atom is 0.419 e. The molecule has 0 aliphatic heterocycles. The average Bonchev–Trinajstić information content (AvgIpc) is 3.12. The van der Waals surface area contributed by atoms with Crippen molar-refractivity contribution in [3.05, 3.63) is 75.9 Å². The third-order valence-electron chi connectivity index (χ3n) is 4.30. The van der Waals surface area contributed by atoms with Crippen molar-refractivity contribution < 1.29 is 18.0 Å². The van der Waals surface area contributed by atoms with Crippen molar-refractivity contribution in [1.29, 1.82) is 0 Å². The minimum absolute atomic E-state index is 0.111. The Balaban J connectivity index is 1.60. The first-order valence-electron chi connectivity index (χ1n) is 8.77. The second kappa shape index (κ2) is 8.09. The van der Waals surface area contributed by atoms with Crippen molar-refractivity contribution in [3.8, 4) is 0 Å². The van der Waals surface area contributed by atoms with Gasteiger partial charge < -0.3 is 15.6 Å². The van der Waals surface area contributed by atoms with Crippen LogP contribution in [0.3, 0.4) is 0 Å². The van der Waals surface area contributed by atoms with Gasteiger partial charge in [0.2, 0.25) is 5.95 Å². The van der Waals surface area contributed by atoms with Gasteiger partial charge in [-0.25, -0.2) is 9.97 Å². The average molecular weight is 466 g/mol. The highest BCUT2D eigenvalue weighted by Crippen LogP contribution is 2.34. The number of hydrogen-bond acceptors (Lipinski definition) is 4. The molecule has 0 unspecified atom stereocenters. The first-order chi connectivity index (χ1) is 14.7. The monoisotopic (exact) mass is 465 g/mol. The molecule has 158 valence electrons. The Labute approximate surface area is 183 Å². The van der Waals surface area contributed by atoms with E-state index in [0.717, 1.165) is 12.1 Å². The summed E-state index contributed by atoms with van der Waals surface area (Å²) in [6.07, 6.45) is -3.48. The van der Waals surface area contributed by atoms with Gasteiger partial charge in [-0.2, -0.15) is 13.2 Å². The first-order valence-corrected chi connectivity index (χ1v) is 9.52. The topological polar surface area (TPSA) is 82.7 Å². The van der Waals surface area contributed by atoms with Gasteiger partial charge in [-0.15, -0.1) is 0 Å². The molecule has 0 aliphatic rings. The second-order valence-corrected chi connectivity index (χ2v) is 7.20. The molecule has 0 saturated heterocycles. The number of imidazole rings is 1. The van der Waals surface area contributed by atoms with Gasteiger partial charge in [-0.05, 0) is 42.5 Å². The van der Waals surface area contributed by atoms with Crippen LogP contribution in [0, 0.1) is 0 Å². The number of para-hydroxylation sites is 1. The van der Waals surface area contributed by atoms with Gasteiger partial charge in [0.15, 0.2) is 0 Å². The van der Waals surface area contributed by atoms with Crippen LogP contribution in [-0.2, 0) is 6.18 Å². The molecule has 3 N–H and O–H groups in total. The maximum absolute atomic E-state index is 13.1. The summed E-state index contributed by atoms with van der Waals surface area (Å²) in [4.78, 5) is 23.5. The third-order valence-corrected chi connectivity index (χ3v) is 4.93. The zero-order valence-corrected chi connectivity index (χ0v) is 16.9. The molecule has 0 saturated carbocycles. The minimum Gasteiger partial charge on any atom is -0.324 e. The molecule has 0 atom stereocenters. The normalized spacial score (nSPS) is 11.5. The van der Waals surface area contributed by atoms with Gasteiger partial charge in [0.1, 0.15) is 5.82 Å². The molecule has 6 nitrogen and oxygen atoms in total. The second-order valence-electron chi connectivity index (χ2n) is 6.39. The van der Waals surface area contributed by atoms with Crippen LogP contribution >= 0.6 is 23.2 Å². The lowest BCUT2D eigenvalue weighted by molar-refractivity contribution is -0.137. The van der Waals surface area contributed by atoms with Crippen LogP contribution in [0.1, 0.15) is 15.9 Å². The van der Waals surface area contributed by atoms with E-state index < -0.39 is 23.5 Å². The fourth-order valence-corrected chi connectivity index (χ4v) is 3.35. The lowest BCUT2D eigenvalue weighted by Crippen LogP contribution is -2.17. The molecule has 4 rings (SSSR count). The molecule has 0 fully saturated rings. The molecule has 0 radical (unpaired) electrons. The molecule has 0 spiro atoms. The van der Waals surface area contributed by atoms with Gasteiger partial charge in [0.05, 0.1) is 32.3 Å². The molecule has 2 heterocycles. The standard InChI is InChI=1S/C20H12Cl2F3N5O/c21-12-4-1-5-13(22)16(12)29-19-27-14-7-6-10(9-15(14)28-19)18(31)30-17-11(20(23,24)25)3-2-8-26-17/h1-9H,(H,26,30,31)(H2,27,28,29). The van der Waals surface area contributed by atoms with E-state index in [1.54, 1.807) is 24.3 Å². The Hall–Kier alpha value is -3.30. The number of alkyl halides is 3. The number of aromatic amines is 1. The summed E-state index contributed by atoms with van der Waals surface area (Å²) in [5.74, 6) is -0.998. The molecule has 31 heavy (non-hydrogen) atoms.